The Morgan fingerprint density at radius 3 is 2.46 bits per heavy atom. The van der Waals surface area contributed by atoms with Crippen molar-refractivity contribution >= 4 is 17.9 Å². The lowest BCUT2D eigenvalue weighted by Crippen LogP contribution is -2.07. The largest absolute Gasteiger partial charge is 0.298 e. The molecule has 0 aliphatic heterocycles. The number of alkyl halides is 2. The normalized spacial score (nSPS) is 11.4. The van der Waals surface area contributed by atoms with Crippen LogP contribution >= 0.6 is 11.6 Å². The van der Waals surface area contributed by atoms with Crippen LogP contribution < -0.4 is 0 Å². The predicted molar refractivity (Wildman–Crippen MR) is 46.4 cm³/mol. The third-order valence-electron chi connectivity index (χ3n) is 1.60. The molecule has 1 nitrogen and oxygen atoms in total. The Morgan fingerprint density at radius 1 is 1.46 bits per heavy atom. The first-order valence-electron chi connectivity index (χ1n) is 3.58. The van der Waals surface area contributed by atoms with Gasteiger partial charge in [0.1, 0.15) is 6.29 Å². The lowest BCUT2D eigenvalue weighted by molar-refractivity contribution is 0.0176. The second-order valence-corrected chi connectivity index (χ2v) is 3.15. The van der Waals surface area contributed by atoms with Crippen molar-refractivity contribution in [3.05, 3.63) is 34.3 Å². The Kier molecular flexibility index (Phi) is 2.66. The summed E-state index contributed by atoms with van der Waals surface area (Å²) in [7, 11) is 0. The van der Waals surface area contributed by atoms with E-state index in [0.29, 0.717) is 6.29 Å². The van der Waals surface area contributed by atoms with Crippen molar-refractivity contribution in [2.75, 3.05) is 0 Å². The average Bonchev–Trinajstić information content (AvgIpc) is 2.01. The van der Waals surface area contributed by atoms with Gasteiger partial charge in [-0.05, 0) is 6.07 Å². The van der Waals surface area contributed by atoms with Gasteiger partial charge in [-0.3, -0.25) is 4.79 Å². The van der Waals surface area contributed by atoms with Gasteiger partial charge >= 0.3 is 0 Å². The van der Waals surface area contributed by atoms with E-state index in [2.05, 4.69) is 0 Å². The van der Waals surface area contributed by atoms with Gasteiger partial charge in [0, 0.05) is 18.1 Å². The highest BCUT2D eigenvalue weighted by Crippen LogP contribution is 2.32. The summed E-state index contributed by atoms with van der Waals surface area (Å²) >= 11 is 5.55. The summed E-state index contributed by atoms with van der Waals surface area (Å²) in [5, 5.41) is -0.0860. The maximum atomic E-state index is 12.8. The van der Waals surface area contributed by atoms with Crippen LogP contribution in [0.25, 0.3) is 0 Å². The Hall–Kier alpha value is -0.960. The van der Waals surface area contributed by atoms with E-state index >= 15 is 0 Å². The van der Waals surface area contributed by atoms with Gasteiger partial charge in [-0.1, -0.05) is 23.7 Å². The van der Waals surface area contributed by atoms with E-state index in [-0.39, 0.29) is 16.1 Å². The Labute approximate surface area is 79.3 Å². The monoisotopic (exact) mass is 204 g/mol. The van der Waals surface area contributed by atoms with Crippen LogP contribution in [0.3, 0.4) is 0 Å². The van der Waals surface area contributed by atoms with Crippen LogP contribution in [0.5, 0.6) is 0 Å². The maximum Gasteiger partial charge on any atom is 0.271 e. The van der Waals surface area contributed by atoms with Crippen LogP contribution in [0.15, 0.2) is 18.2 Å². The molecule has 0 bridgehead atoms. The third-order valence-corrected chi connectivity index (χ3v) is 1.91. The summed E-state index contributed by atoms with van der Waals surface area (Å²) in [5.74, 6) is -2.97. The van der Waals surface area contributed by atoms with Crippen LogP contribution in [0.4, 0.5) is 8.78 Å². The van der Waals surface area contributed by atoms with E-state index in [1.54, 1.807) is 0 Å². The number of carbonyl (C=O) groups is 1. The number of hydrogen-bond donors (Lipinski definition) is 0. The summed E-state index contributed by atoms with van der Waals surface area (Å²) in [6.07, 6.45) is 0.559. The van der Waals surface area contributed by atoms with Gasteiger partial charge in [-0.25, -0.2) is 8.78 Å². The van der Waals surface area contributed by atoms with Crippen molar-refractivity contribution in [2.45, 2.75) is 12.8 Å². The van der Waals surface area contributed by atoms with E-state index in [1.807, 2.05) is 0 Å². The highest BCUT2D eigenvalue weighted by atomic mass is 35.5. The summed E-state index contributed by atoms with van der Waals surface area (Å²) in [6.45, 7) is 0.759. The van der Waals surface area contributed by atoms with Crippen LogP contribution in [0.1, 0.15) is 22.8 Å². The maximum absolute atomic E-state index is 12.8. The summed E-state index contributed by atoms with van der Waals surface area (Å²) in [4.78, 5) is 10.3. The average molecular weight is 205 g/mol. The van der Waals surface area contributed by atoms with Crippen molar-refractivity contribution in [3.63, 3.8) is 0 Å². The van der Waals surface area contributed by atoms with Crippen LogP contribution in [-0.2, 0) is 5.92 Å². The zero-order valence-corrected chi connectivity index (χ0v) is 7.61. The minimum atomic E-state index is -2.97. The summed E-state index contributed by atoms with van der Waals surface area (Å²) in [6, 6.07) is 3.69. The van der Waals surface area contributed by atoms with Crippen LogP contribution in [0, 0.1) is 0 Å². The molecule has 1 aromatic carbocycles. The molecular formula is C9H7ClF2O. The number of halogens is 3. The van der Waals surface area contributed by atoms with E-state index in [4.69, 9.17) is 11.6 Å². The standard InChI is InChI=1S/C9H7ClF2O/c1-9(11,12)7-3-2-6(5-13)4-8(7)10/h2-5H,1H3. The lowest BCUT2D eigenvalue weighted by Gasteiger charge is -2.12. The molecule has 0 amide bonds. The van der Waals surface area contributed by atoms with Crippen molar-refractivity contribution < 1.29 is 13.6 Å². The molecular weight excluding hydrogens is 198 g/mol. The molecule has 0 fully saturated rings. The van der Waals surface area contributed by atoms with Gasteiger partial charge in [-0.15, -0.1) is 0 Å². The zero-order chi connectivity index (χ0) is 10.1. The molecule has 0 unspecified atom stereocenters. The molecule has 1 aromatic rings. The van der Waals surface area contributed by atoms with E-state index in [0.717, 1.165) is 13.0 Å². The number of hydrogen-bond acceptors (Lipinski definition) is 1. The molecule has 1 rings (SSSR count). The second-order valence-electron chi connectivity index (χ2n) is 2.75. The second kappa shape index (κ2) is 3.42. The molecule has 0 spiro atoms. The molecule has 0 aliphatic carbocycles. The van der Waals surface area contributed by atoms with Gasteiger partial charge < -0.3 is 0 Å². The molecule has 0 radical (unpaired) electrons. The number of benzene rings is 1. The number of carbonyl (C=O) groups excluding carboxylic acids is 1. The molecule has 4 heteroatoms. The quantitative estimate of drug-likeness (QED) is 0.676. The smallest absolute Gasteiger partial charge is 0.271 e. The molecule has 0 N–H and O–H groups in total. The first-order chi connectivity index (χ1) is 5.95. The first-order valence-corrected chi connectivity index (χ1v) is 3.96. The first kappa shape index (κ1) is 10.1. The molecule has 0 heterocycles. The summed E-state index contributed by atoms with van der Waals surface area (Å²) in [5.41, 5.74) is 0.0257. The Bertz CT molecular complexity index is 331. The molecule has 70 valence electrons. The van der Waals surface area contributed by atoms with Crippen LogP contribution in [-0.4, -0.2) is 6.29 Å². The fourth-order valence-electron chi connectivity index (χ4n) is 0.961. The fourth-order valence-corrected chi connectivity index (χ4v) is 1.32. The minimum Gasteiger partial charge on any atom is -0.298 e. The molecule has 0 saturated heterocycles. The zero-order valence-electron chi connectivity index (χ0n) is 6.85. The van der Waals surface area contributed by atoms with Gasteiger partial charge in [0.15, 0.2) is 0 Å². The SMILES string of the molecule is CC(F)(F)c1ccc(C=O)cc1Cl. The molecule has 0 atom stereocenters. The third kappa shape index (κ3) is 2.25. The van der Waals surface area contributed by atoms with E-state index in [9.17, 15) is 13.6 Å². The molecule has 0 aromatic heterocycles. The van der Waals surface area contributed by atoms with Gasteiger partial charge in [-0.2, -0.15) is 0 Å². The Balaban J connectivity index is 3.20. The highest BCUT2D eigenvalue weighted by molar-refractivity contribution is 6.31. The molecule has 0 saturated carbocycles. The minimum absolute atomic E-state index is 0.0860. The number of aldehydes is 1. The summed E-state index contributed by atoms with van der Waals surface area (Å²) < 4.78 is 25.6. The topological polar surface area (TPSA) is 17.1 Å². The van der Waals surface area contributed by atoms with Crippen molar-refractivity contribution in [2.24, 2.45) is 0 Å². The fraction of sp³-hybridized carbons (Fsp3) is 0.222. The van der Waals surface area contributed by atoms with Crippen molar-refractivity contribution in [1.82, 2.24) is 0 Å². The lowest BCUT2D eigenvalue weighted by atomic mass is 10.1. The van der Waals surface area contributed by atoms with Crippen molar-refractivity contribution in [1.29, 1.82) is 0 Å². The van der Waals surface area contributed by atoms with E-state index < -0.39 is 5.92 Å². The molecule has 13 heavy (non-hydrogen) atoms. The predicted octanol–water partition coefficient (Wildman–Crippen LogP) is 3.26. The molecule has 0 aliphatic rings. The van der Waals surface area contributed by atoms with Crippen molar-refractivity contribution in [3.8, 4) is 0 Å². The van der Waals surface area contributed by atoms with Gasteiger partial charge in [0.25, 0.3) is 5.92 Å². The number of rotatable bonds is 2. The highest BCUT2D eigenvalue weighted by Gasteiger charge is 2.26. The van der Waals surface area contributed by atoms with Gasteiger partial charge in [0.2, 0.25) is 0 Å². The van der Waals surface area contributed by atoms with Gasteiger partial charge in [0.05, 0.1) is 5.02 Å². The van der Waals surface area contributed by atoms with E-state index in [1.165, 1.54) is 12.1 Å². The van der Waals surface area contributed by atoms with Crippen LogP contribution in [0.2, 0.25) is 5.02 Å². The Morgan fingerprint density at radius 2 is 2.08 bits per heavy atom.